The van der Waals surface area contributed by atoms with Gasteiger partial charge in [-0.2, -0.15) is 5.10 Å². The molecule has 6 nitrogen and oxygen atoms in total. The summed E-state index contributed by atoms with van der Waals surface area (Å²) in [5.74, 6) is -0.278. The zero-order valence-electron chi connectivity index (χ0n) is 19.4. The molecule has 0 spiro atoms. The third-order valence-electron chi connectivity index (χ3n) is 6.08. The number of H-pyrrole nitrogens is 1. The van der Waals surface area contributed by atoms with Gasteiger partial charge in [-0.15, -0.1) is 0 Å². The lowest BCUT2D eigenvalue weighted by Gasteiger charge is -2.22. The number of nitrogens with one attached hydrogen (secondary N) is 2. The van der Waals surface area contributed by atoms with Crippen molar-refractivity contribution < 1.29 is 4.79 Å². The molecule has 0 bridgehead atoms. The molecule has 9 heteroatoms. The molecule has 37 heavy (non-hydrogen) atoms. The van der Waals surface area contributed by atoms with Crippen LogP contribution in [-0.4, -0.2) is 20.7 Å². The van der Waals surface area contributed by atoms with Crippen molar-refractivity contribution in [2.45, 2.75) is 17.4 Å². The van der Waals surface area contributed by atoms with Crippen LogP contribution in [-0.2, 0) is 17.4 Å². The summed E-state index contributed by atoms with van der Waals surface area (Å²) in [7, 11) is 0. The number of halogens is 3. The first kappa shape index (κ1) is 25.1. The van der Waals surface area contributed by atoms with E-state index in [1.165, 1.54) is 6.07 Å². The monoisotopic (exact) mass is 550 g/mol. The Kier molecular flexibility index (Phi) is 7.07. The molecule has 0 unspecified atom stereocenters. The Labute approximate surface area is 227 Å². The lowest BCUT2D eigenvalue weighted by Crippen LogP contribution is -2.24. The Morgan fingerprint density at radius 1 is 0.946 bits per heavy atom. The number of aromatic amines is 1. The maximum absolute atomic E-state index is 12.9. The highest BCUT2D eigenvalue weighted by Gasteiger charge is 2.29. The molecule has 0 radical (unpaired) electrons. The van der Waals surface area contributed by atoms with Crippen molar-refractivity contribution in [2.75, 3.05) is 0 Å². The molecule has 1 amide bonds. The molecule has 0 fully saturated rings. The summed E-state index contributed by atoms with van der Waals surface area (Å²) in [4.78, 5) is 24.9. The summed E-state index contributed by atoms with van der Waals surface area (Å²) < 4.78 is 0.237. The number of carbonyl (C=O) groups excluding carboxylic acids is 1. The summed E-state index contributed by atoms with van der Waals surface area (Å²) in [6.07, 6.45) is 1.74. The van der Waals surface area contributed by atoms with Crippen molar-refractivity contribution in [1.82, 2.24) is 20.1 Å². The minimum Gasteiger partial charge on any atom is -0.346 e. The SMILES string of the molecule is O=C(NCc1[nH]nc2ccc(Cl)cc12)c1cccc(C(Cl)(Cl)c2ccc(Cn3ccccc3=O)cc2)c1. The Balaban J connectivity index is 1.31. The van der Waals surface area contributed by atoms with Gasteiger partial charge in [-0.05, 0) is 53.1 Å². The fourth-order valence-electron chi connectivity index (χ4n) is 4.07. The molecule has 0 atom stereocenters. The molecule has 3 aromatic carbocycles. The first-order valence-corrected chi connectivity index (χ1v) is 12.6. The van der Waals surface area contributed by atoms with Crippen LogP contribution in [0.15, 0.2) is 95.9 Å². The maximum atomic E-state index is 12.9. The van der Waals surface area contributed by atoms with Gasteiger partial charge < -0.3 is 9.88 Å². The largest absolute Gasteiger partial charge is 0.346 e. The van der Waals surface area contributed by atoms with E-state index in [0.29, 0.717) is 28.3 Å². The van der Waals surface area contributed by atoms with Crippen LogP contribution in [0.1, 0.15) is 32.7 Å². The minimum atomic E-state index is -1.38. The van der Waals surface area contributed by atoms with E-state index in [-0.39, 0.29) is 18.0 Å². The van der Waals surface area contributed by atoms with Crippen molar-refractivity contribution in [3.05, 3.63) is 134 Å². The number of benzene rings is 3. The number of hydrogen-bond acceptors (Lipinski definition) is 3. The van der Waals surface area contributed by atoms with Gasteiger partial charge in [-0.3, -0.25) is 14.7 Å². The molecule has 5 rings (SSSR count). The van der Waals surface area contributed by atoms with E-state index in [4.69, 9.17) is 34.8 Å². The predicted octanol–water partition coefficient (Wildman–Crippen LogP) is 6.04. The number of carbonyl (C=O) groups is 1. The van der Waals surface area contributed by atoms with Crippen molar-refractivity contribution in [1.29, 1.82) is 0 Å². The average molecular weight is 552 g/mol. The van der Waals surface area contributed by atoms with Crippen molar-refractivity contribution in [2.24, 2.45) is 0 Å². The van der Waals surface area contributed by atoms with Crippen LogP contribution in [0.2, 0.25) is 5.02 Å². The van der Waals surface area contributed by atoms with E-state index >= 15 is 0 Å². The Hall–Kier alpha value is -3.58. The molecule has 2 N–H and O–H groups in total. The number of nitrogens with zero attached hydrogens (tertiary/aromatic N) is 2. The van der Waals surface area contributed by atoms with Gasteiger partial charge in [0.05, 0.1) is 24.3 Å². The Bertz CT molecular complexity index is 1640. The lowest BCUT2D eigenvalue weighted by atomic mass is 10.00. The minimum absolute atomic E-state index is 0.0739. The number of fused-ring (bicyclic) bond motifs is 1. The quantitative estimate of drug-likeness (QED) is 0.242. The van der Waals surface area contributed by atoms with E-state index in [9.17, 15) is 9.59 Å². The Morgan fingerprint density at radius 2 is 1.76 bits per heavy atom. The zero-order valence-corrected chi connectivity index (χ0v) is 21.7. The van der Waals surface area contributed by atoms with E-state index < -0.39 is 4.33 Å². The standard InChI is InChI=1S/C28H21Cl3N4O2/c29-22-11-12-24-23(15-22)25(34-33-24)16-32-27(37)19-4-3-5-21(14-19)28(30,31)20-9-7-18(8-10-20)17-35-13-2-1-6-26(35)36/h1-15H,16-17H2,(H,32,37)(H,33,34). The average Bonchev–Trinajstić information content (AvgIpc) is 3.31. The fourth-order valence-corrected chi connectivity index (χ4v) is 4.73. The lowest BCUT2D eigenvalue weighted by molar-refractivity contribution is 0.0950. The second kappa shape index (κ2) is 10.4. The molecule has 0 aliphatic carbocycles. The Morgan fingerprint density at radius 3 is 2.54 bits per heavy atom. The summed E-state index contributed by atoms with van der Waals surface area (Å²) in [5.41, 5.74) is 4.02. The number of rotatable bonds is 7. The number of aromatic nitrogens is 3. The van der Waals surface area contributed by atoms with Crippen LogP contribution in [0.5, 0.6) is 0 Å². The van der Waals surface area contributed by atoms with Gasteiger partial charge in [0.1, 0.15) is 0 Å². The van der Waals surface area contributed by atoms with E-state index in [1.807, 2.05) is 36.4 Å². The molecule has 186 valence electrons. The zero-order chi connectivity index (χ0) is 26.0. The van der Waals surface area contributed by atoms with Gasteiger partial charge in [0.15, 0.2) is 4.33 Å². The van der Waals surface area contributed by atoms with Gasteiger partial charge in [0.25, 0.3) is 11.5 Å². The molecule has 2 aromatic heterocycles. The normalized spacial score (nSPS) is 11.5. The molecular weight excluding hydrogens is 531 g/mol. The smallest absolute Gasteiger partial charge is 0.251 e. The van der Waals surface area contributed by atoms with Crippen LogP contribution >= 0.6 is 34.8 Å². The number of amides is 1. The number of pyridine rings is 1. The number of hydrogen-bond donors (Lipinski definition) is 2. The van der Waals surface area contributed by atoms with E-state index in [0.717, 1.165) is 22.2 Å². The van der Waals surface area contributed by atoms with Gasteiger partial charge in [-0.25, -0.2) is 0 Å². The van der Waals surface area contributed by atoms with Gasteiger partial charge >= 0.3 is 0 Å². The third-order valence-corrected chi connectivity index (χ3v) is 7.18. The second-order valence-electron chi connectivity index (χ2n) is 8.57. The van der Waals surface area contributed by atoms with Crippen LogP contribution in [0.25, 0.3) is 10.9 Å². The molecule has 0 saturated carbocycles. The first-order valence-electron chi connectivity index (χ1n) is 11.5. The van der Waals surface area contributed by atoms with Gasteiger partial charge in [0.2, 0.25) is 0 Å². The summed E-state index contributed by atoms with van der Waals surface area (Å²) in [5, 5.41) is 11.5. The molecule has 2 heterocycles. The molecular formula is C28H21Cl3N4O2. The van der Waals surface area contributed by atoms with Crippen LogP contribution in [0.3, 0.4) is 0 Å². The highest BCUT2D eigenvalue weighted by Crippen LogP contribution is 2.41. The van der Waals surface area contributed by atoms with Crippen LogP contribution in [0.4, 0.5) is 0 Å². The molecule has 0 saturated heterocycles. The highest BCUT2D eigenvalue weighted by molar-refractivity contribution is 6.50. The highest BCUT2D eigenvalue weighted by atomic mass is 35.5. The topological polar surface area (TPSA) is 79.8 Å². The summed E-state index contributed by atoms with van der Waals surface area (Å²) >= 11 is 19.7. The fraction of sp³-hybridized carbons (Fsp3) is 0.107. The molecule has 0 aliphatic heterocycles. The summed E-state index contributed by atoms with van der Waals surface area (Å²) in [6, 6.07) is 24.7. The van der Waals surface area contributed by atoms with E-state index in [1.54, 1.807) is 53.2 Å². The van der Waals surface area contributed by atoms with Crippen molar-refractivity contribution >= 4 is 51.6 Å². The van der Waals surface area contributed by atoms with Gasteiger partial charge in [0, 0.05) is 28.2 Å². The predicted molar refractivity (Wildman–Crippen MR) is 147 cm³/mol. The van der Waals surface area contributed by atoms with Gasteiger partial charge in [-0.1, -0.05) is 77.3 Å². The third kappa shape index (κ3) is 5.42. The van der Waals surface area contributed by atoms with Crippen LogP contribution < -0.4 is 10.9 Å². The number of alkyl halides is 2. The molecule has 0 aliphatic rings. The summed E-state index contributed by atoms with van der Waals surface area (Å²) in [6.45, 7) is 0.684. The van der Waals surface area contributed by atoms with Crippen molar-refractivity contribution in [3.63, 3.8) is 0 Å². The first-order chi connectivity index (χ1) is 17.8. The van der Waals surface area contributed by atoms with Crippen LogP contribution in [0, 0.1) is 0 Å². The maximum Gasteiger partial charge on any atom is 0.251 e. The van der Waals surface area contributed by atoms with Crippen molar-refractivity contribution in [3.8, 4) is 0 Å². The second-order valence-corrected chi connectivity index (χ2v) is 10.3. The van der Waals surface area contributed by atoms with E-state index in [2.05, 4.69) is 15.5 Å². The molecule has 5 aromatic rings.